The molecule has 18 heavy (non-hydrogen) atoms. The fourth-order valence-corrected chi connectivity index (χ4v) is 5.39. The molecule has 1 aromatic heterocycles. The Morgan fingerprint density at radius 2 is 2.28 bits per heavy atom. The van der Waals surface area contributed by atoms with Crippen LogP contribution in [0.15, 0.2) is 18.5 Å². The van der Waals surface area contributed by atoms with E-state index >= 15 is 0 Å². The molecule has 0 bridgehead atoms. The van der Waals surface area contributed by atoms with Crippen LogP contribution in [-0.2, 0) is 6.42 Å². The summed E-state index contributed by atoms with van der Waals surface area (Å²) in [4.78, 5) is 4.08. The van der Waals surface area contributed by atoms with Crippen molar-refractivity contribution >= 4 is 29.2 Å². The first kappa shape index (κ1) is 14.0. The summed E-state index contributed by atoms with van der Waals surface area (Å²) in [6, 6.07) is 1.79. The third-order valence-corrected chi connectivity index (χ3v) is 6.64. The van der Waals surface area contributed by atoms with Crippen molar-refractivity contribution in [2.45, 2.75) is 36.4 Å². The molecule has 1 fully saturated rings. The minimum atomic E-state index is -0.334. The van der Waals surface area contributed by atoms with Gasteiger partial charge < -0.3 is 10.8 Å². The van der Waals surface area contributed by atoms with Crippen LogP contribution in [-0.4, -0.2) is 38.2 Å². The Morgan fingerprint density at radius 1 is 1.50 bits per heavy atom. The fraction of sp³-hybridized carbons (Fsp3) is 0.615. The van der Waals surface area contributed by atoms with E-state index in [0.29, 0.717) is 16.9 Å². The number of nitrogens with zero attached hydrogens (tertiary/aromatic N) is 1. The zero-order chi connectivity index (χ0) is 13.0. The van der Waals surface area contributed by atoms with E-state index in [4.69, 9.17) is 5.73 Å². The van der Waals surface area contributed by atoms with E-state index in [1.165, 1.54) is 5.75 Å². The summed E-state index contributed by atoms with van der Waals surface area (Å²) in [7, 11) is 0. The number of rotatable bonds is 4. The lowest BCUT2D eigenvalue weighted by Gasteiger charge is -2.33. The fourth-order valence-electron chi connectivity index (χ4n) is 2.24. The van der Waals surface area contributed by atoms with Crippen LogP contribution in [0.3, 0.4) is 0 Å². The van der Waals surface area contributed by atoms with Gasteiger partial charge in [0, 0.05) is 46.5 Å². The van der Waals surface area contributed by atoms with Crippen molar-refractivity contribution in [2.24, 2.45) is 0 Å². The van der Waals surface area contributed by atoms with Gasteiger partial charge in [-0.3, -0.25) is 4.98 Å². The number of aromatic nitrogens is 1. The molecule has 2 rings (SSSR count). The van der Waals surface area contributed by atoms with Crippen LogP contribution in [0, 0.1) is 0 Å². The predicted molar refractivity (Wildman–Crippen MR) is 81.1 cm³/mol. The molecule has 0 spiro atoms. The Hall–Kier alpha value is -0.390. The summed E-state index contributed by atoms with van der Waals surface area (Å²) in [5.41, 5.74) is 7.58. The van der Waals surface area contributed by atoms with Gasteiger partial charge in [-0.25, -0.2) is 0 Å². The molecule has 3 unspecified atom stereocenters. The van der Waals surface area contributed by atoms with Crippen LogP contribution in [0.1, 0.15) is 18.9 Å². The van der Waals surface area contributed by atoms with Crippen molar-refractivity contribution in [2.75, 3.05) is 17.2 Å². The molecule has 5 heteroatoms. The Labute approximate surface area is 117 Å². The molecule has 0 aliphatic carbocycles. The average molecular weight is 284 g/mol. The Balaban J connectivity index is 2.02. The van der Waals surface area contributed by atoms with E-state index in [-0.39, 0.29) is 6.10 Å². The van der Waals surface area contributed by atoms with E-state index in [2.05, 4.69) is 11.9 Å². The van der Waals surface area contributed by atoms with Gasteiger partial charge in [0.1, 0.15) is 0 Å². The van der Waals surface area contributed by atoms with Crippen LogP contribution in [0.25, 0.3) is 0 Å². The number of hydrogen-bond acceptors (Lipinski definition) is 5. The Bertz CT molecular complexity index is 389. The van der Waals surface area contributed by atoms with Crippen LogP contribution in [0.2, 0.25) is 0 Å². The third kappa shape index (κ3) is 3.33. The number of nitrogen functional groups attached to an aromatic ring is 1. The minimum absolute atomic E-state index is 0.313. The molecule has 1 aromatic rings. The average Bonchev–Trinajstić information content (AvgIpc) is 2.41. The molecule has 1 aliphatic rings. The maximum absolute atomic E-state index is 10.4. The largest absolute Gasteiger partial charge is 0.398 e. The summed E-state index contributed by atoms with van der Waals surface area (Å²) >= 11 is 3.88. The van der Waals surface area contributed by atoms with Crippen LogP contribution in [0.4, 0.5) is 5.69 Å². The van der Waals surface area contributed by atoms with Gasteiger partial charge in [-0.15, -0.1) is 0 Å². The highest BCUT2D eigenvalue weighted by Gasteiger charge is 2.31. The van der Waals surface area contributed by atoms with Crippen molar-refractivity contribution in [3.8, 4) is 0 Å². The maximum atomic E-state index is 10.4. The first-order valence-electron chi connectivity index (χ1n) is 6.32. The topological polar surface area (TPSA) is 59.1 Å². The number of nitrogens with two attached hydrogens (primary N) is 1. The van der Waals surface area contributed by atoms with Crippen LogP contribution < -0.4 is 5.73 Å². The van der Waals surface area contributed by atoms with Gasteiger partial charge in [0.15, 0.2) is 0 Å². The highest BCUT2D eigenvalue weighted by atomic mass is 32.2. The quantitative estimate of drug-likeness (QED) is 0.887. The lowest BCUT2D eigenvalue weighted by Crippen LogP contribution is -2.37. The number of anilines is 1. The molecule has 0 radical (unpaired) electrons. The first-order valence-corrected chi connectivity index (χ1v) is 8.41. The van der Waals surface area contributed by atoms with Gasteiger partial charge >= 0.3 is 0 Å². The summed E-state index contributed by atoms with van der Waals surface area (Å²) in [5.74, 6) is 2.33. The smallest absolute Gasteiger partial charge is 0.0711 e. The summed E-state index contributed by atoms with van der Waals surface area (Å²) in [6.45, 7) is 2.20. The number of pyridine rings is 1. The van der Waals surface area contributed by atoms with Crippen molar-refractivity contribution in [3.05, 3.63) is 24.0 Å². The highest BCUT2D eigenvalue weighted by molar-refractivity contribution is 8.07. The van der Waals surface area contributed by atoms with Gasteiger partial charge in [-0.1, -0.05) is 6.92 Å². The summed E-state index contributed by atoms with van der Waals surface area (Å²) in [5, 5.41) is 11.3. The number of hydrogen-bond donors (Lipinski definition) is 2. The van der Waals surface area contributed by atoms with E-state index in [9.17, 15) is 5.11 Å². The number of aliphatic hydroxyl groups is 1. The van der Waals surface area contributed by atoms with Crippen molar-refractivity contribution in [3.63, 3.8) is 0 Å². The standard InChI is InChI=1S/C13H20N2OS2/c1-2-12-13(18-6-5-17-12)11(16)7-9-8-15-4-3-10(9)14/h3-4,8,11-13,16H,2,5-7H2,1H3,(H2,14,15). The van der Waals surface area contributed by atoms with Crippen molar-refractivity contribution < 1.29 is 5.11 Å². The molecule has 0 amide bonds. The molecule has 2 heterocycles. The van der Waals surface area contributed by atoms with Gasteiger partial charge in [-0.05, 0) is 18.1 Å². The second-order valence-electron chi connectivity index (χ2n) is 4.50. The Morgan fingerprint density at radius 3 is 3.00 bits per heavy atom. The van der Waals surface area contributed by atoms with Gasteiger partial charge in [0.2, 0.25) is 0 Å². The molecule has 100 valence electrons. The molecular weight excluding hydrogens is 264 g/mol. The van der Waals surface area contributed by atoms with Gasteiger partial charge in [0.25, 0.3) is 0 Å². The molecule has 1 saturated heterocycles. The summed E-state index contributed by atoms with van der Waals surface area (Å²) < 4.78 is 0. The van der Waals surface area contributed by atoms with Gasteiger partial charge in [0.05, 0.1) is 6.10 Å². The van der Waals surface area contributed by atoms with Crippen molar-refractivity contribution in [1.29, 1.82) is 0 Å². The lowest BCUT2D eigenvalue weighted by atomic mass is 10.0. The second-order valence-corrected chi connectivity index (χ2v) is 7.13. The highest BCUT2D eigenvalue weighted by Crippen LogP contribution is 2.36. The first-order chi connectivity index (χ1) is 8.72. The zero-order valence-electron chi connectivity index (χ0n) is 10.6. The van der Waals surface area contributed by atoms with E-state index in [1.54, 1.807) is 18.5 Å². The SMILES string of the molecule is CCC1SCCSC1C(O)Cc1cnccc1N. The number of aliphatic hydroxyl groups excluding tert-OH is 1. The predicted octanol–water partition coefficient (Wildman–Crippen LogP) is 2.19. The molecule has 3 nitrogen and oxygen atoms in total. The second kappa shape index (κ2) is 6.68. The van der Waals surface area contributed by atoms with E-state index in [0.717, 1.165) is 23.4 Å². The third-order valence-electron chi connectivity index (χ3n) is 3.24. The van der Waals surface area contributed by atoms with Gasteiger partial charge in [-0.2, -0.15) is 23.5 Å². The zero-order valence-corrected chi connectivity index (χ0v) is 12.2. The number of thioether (sulfide) groups is 2. The molecular formula is C13H20N2OS2. The molecule has 0 saturated carbocycles. The molecule has 3 atom stereocenters. The lowest BCUT2D eigenvalue weighted by molar-refractivity contribution is 0.169. The molecule has 1 aliphatic heterocycles. The maximum Gasteiger partial charge on any atom is 0.0711 e. The van der Waals surface area contributed by atoms with E-state index in [1.807, 2.05) is 23.5 Å². The van der Waals surface area contributed by atoms with Crippen LogP contribution >= 0.6 is 23.5 Å². The van der Waals surface area contributed by atoms with Crippen molar-refractivity contribution in [1.82, 2.24) is 4.98 Å². The minimum Gasteiger partial charge on any atom is -0.398 e. The monoisotopic (exact) mass is 284 g/mol. The Kier molecular flexibility index (Phi) is 5.21. The van der Waals surface area contributed by atoms with Crippen LogP contribution in [0.5, 0.6) is 0 Å². The van der Waals surface area contributed by atoms with E-state index < -0.39 is 0 Å². The normalized spacial score (nSPS) is 25.9. The molecule has 3 N–H and O–H groups in total. The summed E-state index contributed by atoms with van der Waals surface area (Å²) in [6.07, 6.45) is 4.83. The molecule has 0 aromatic carbocycles.